The fourth-order valence-corrected chi connectivity index (χ4v) is 2.98. The van der Waals surface area contributed by atoms with Crippen molar-refractivity contribution in [3.63, 3.8) is 0 Å². The molecule has 21 heavy (non-hydrogen) atoms. The number of nitrogens with zero attached hydrogens (tertiary/aromatic N) is 1. The van der Waals surface area contributed by atoms with E-state index in [0.29, 0.717) is 24.5 Å². The molecule has 116 valence electrons. The van der Waals surface area contributed by atoms with Crippen molar-refractivity contribution in [2.45, 2.75) is 58.0 Å². The van der Waals surface area contributed by atoms with E-state index in [1.54, 1.807) is 6.07 Å². The third-order valence-corrected chi connectivity index (χ3v) is 4.42. The first-order valence-corrected chi connectivity index (χ1v) is 7.69. The number of carbonyl (C=O) groups is 2. The molecule has 1 amide bonds. The zero-order valence-electron chi connectivity index (χ0n) is 12.8. The number of rotatable bonds is 5. The summed E-state index contributed by atoms with van der Waals surface area (Å²) in [5, 5.41) is 12.4. The van der Waals surface area contributed by atoms with Gasteiger partial charge in [-0.3, -0.25) is 4.79 Å². The molecular formula is C16H24N2O3. The van der Waals surface area contributed by atoms with E-state index in [0.717, 1.165) is 25.8 Å². The molecule has 1 fully saturated rings. The molecule has 0 saturated heterocycles. The molecule has 0 aromatic carbocycles. The Morgan fingerprint density at radius 2 is 2.10 bits per heavy atom. The summed E-state index contributed by atoms with van der Waals surface area (Å²) in [4.78, 5) is 24.1. The molecule has 1 aromatic rings. The molecule has 2 N–H and O–H groups in total. The van der Waals surface area contributed by atoms with Crippen LogP contribution in [0.5, 0.6) is 0 Å². The molecule has 1 saturated carbocycles. The standard InChI is InChI=1S/C16H24N2O3/c1-3-10-18-11-4-5-13(18)14(19)17-16(15(20)21)8-6-12(2)7-9-16/h4-5,11-12H,3,6-10H2,1-2H3,(H,17,19)(H,20,21). The van der Waals surface area contributed by atoms with Gasteiger partial charge in [-0.15, -0.1) is 0 Å². The maximum Gasteiger partial charge on any atom is 0.329 e. The SMILES string of the molecule is CCCn1cccc1C(=O)NC1(C(=O)O)CCC(C)CC1. The molecule has 0 aliphatic heterocycles. The van der Waals surface area contributed by atoms with Crippen LogP contribution in [-0.4, -0.2) is 27.1 Å². The van der Waals surface area contributed by atoms with E-state index < -0.39 is 11.5 Å². The molecule has 0 atom stereocenters. The molecule has 5 heteroatoms. The molecule has 2 rings (SSSR count). The van der Waals surface area contributed by atoms with Crippen LogP contribution >= 0.6 is 0 Å². The van der Waals surface area contributed by atoms with E-state index in [2.05, 4.69) is 12.2 Å². The highest BCUT2D eigenvalue weighted by molar-refractivity contribution is 5.96. The number of aromatic nitrogens is 1. The van der Waals surface area contributed by atoms with Crippen LogP contribution in [0.25, 0.3) is 0 Å². The van der Waals surface area contributed by atoms with Gasteiger partial charge in [0.1, 0.15) is 11.2 Å². The fraction of sp³-hybridized carbons (Fsp3) is 0.625. The zero-order chi connectivity index (χ0) is 15.5. The van der Waals surface area contributed by atoms with E-state index in [-0.39, 0.29) is 5.91 Å². The van der Waals surface area contributed by atoms with Gasteiger partial charge < -0.3 is 15.0 Å². The number of hydrogen-bond acceptors (Lipinski definition) is 2. The van der Waals surface area contributed by atoms with Crippen LogP contribution in [-0.2, 0) is 11.3 Å². The minimum absolute atomic E-state index is 0.287. The monoisotopic (exact) mass is 292 g/mol. The van der Waals surface area contributed by atoms with Crippen LogP contribution < -0.4 is 5.32 Å². The Labute approximate surface area is 125 Å². The number of aliphatic carboxylic acids is 1. The molecule has 1 heterocycles. The number of hydrogen-bond donors (Lipinski definition) is 2. The third kappa shape index (κ3) is 3.28. The first-order chi connectivity index (χ1) is 9.98. The van der Waals surface area contributed by atoms with Gasteiger partial charge in [-0.25, -0.2) is 4.79 Å². The predicted molar refractivity (Wildman–Crippen MR) is 80.2 cm³/mol. The lowest BCUT2D eigenvalue weighted by Crippen LogP contribution is -2.56. The third-order valence-electron chi connectivity index (χ3n) is 4.42. The van der Waals surface area contributed by atoms with Gasteiger partial charge in [0.05, 0.1) is 0 Å². The minimum Gasteiger partial charge on any atom is -0.480 e. The molecule has 0 spiro atoms. The van der Waals surface area contributed by atoms with E-state index in [4.69, 9.17) is 0 Å². The first-order valence-electron chi connectivity index (χ1n) is 7.69. The van der Waals surface area contributed by atoms with Gasteiger partial charge in [-0.2, -0.15) is 0 Å². The Hall–Kier alpha value is -1.78. The Morgan fingerprint density at radius 3 is 2.67 bits per heavy atom. The van der Waals surface area contributed by atoms with Crippen molar-refractivity contribution in [2.75, 3.05) is 0 Å². The Kier molecular flexibility index (Phi) is 4.70. The van der Waals surface area contributed by atoms with Crippen LogP contribution in [0.2, 0.25) is 0 Å². The Bertz CT molecular complexity index is 513. The second-order valence-corrected chi connectivity index (χ2v) is 6.11. The molecule has 1 aromatic heterocycles. The average Bonchev–Trinajstić information content (AvgIpc) is 2.90. The lowest BCUT2D eigenvalue weighted by molar-refractivity contribution is -0.146. The molecule has 1 aliphatic carbocycles. The van der Waals surface area contributed by atoms with Crippen molar-refractivity contribution < 1.29 is 14.7 Å². The van der Waals surface area contributed by atoms with Gasteiger partial charge in [0, 0.05) is 12.7 Å². The number of nitrogens with one attached hydrogen (secondary N) is 1. The second kappa shape index (κ2) is 6.33. The van der Waals surface area contributed by atoms with Gasteiger partial charge in [0.15, 0.2) is 0 Å². The quantitative estimate of drug-likeness (QED) is 0.876. The summed E-state index contributed by atoms with van der Waals surface area (Å²) in [6, 6.07) is 3.56. The van der Waals surface area contributed by atoms with E-state index in [1.807, 2.05) is 23.8 Å². The molecule has 0 radical (unpaired) electrons. The van der Waals surface area contributed by atoms with Crippen molar-refractivity contribution in [1.82, 2.24) is 9.88 Å². The summed E-state index contributed by atoms with van der Waals surface area (Å²) in [6.45, 7) is 4.93. The number of carboxylic acid groups (broad SMARTS) is 1. The smallest absolute Gasteiger partial charge is 0.329 e. The van der Waals surface area contributed by atoms with Crippen molar-refractivity contribution in [2.24, 2.45) is 5.92 Å². The summed E-state index contributed by atoms with van der Waals surface area (Å²) in [5.74, 6) is -0.680. The minimum atomic E-state index is -1.11. The lowest BCUT2D eigenvalue weighted by atomic mass is 9.77. The fourth-order valence-electron chi connectivity index (χ4n) is 2.98. The number of amides is 1. The number of carboxylic acids is 1. The summed E-state index contributed by atoms with van der Waals surface area (Å²) in [6.07, 6.45) is 5.46. The molecule has 0 bridgehead atoms. The van der Waals surface area contributed by atoms with Crippen molar-refractivity contribution in [1.29, 1.82) is 0 Å². The van der Waals surface area contributed by atoms with Crippen molar-refractivity contribution in [3.05, 3.63) is 24.0 Å². The molecule has 1 aliphatic rings. The van der Waals surface area contributed by atoms with Crippen LogP contribution in [0.15, 0.2) is 18.3 Å². The van der Waals surface area contributed by atoms with Gasteiger partial charge in [-0.1, -0.05) is 13.8 Å². The largest absolute Gasteiger partial charge is 0.480 e. The zero-order valence-corrected chi connectivity index (χ0v) is 12.8. The average molecular weight is 292 g/mol. The predicted octanol–water partition coefficient (Wildman–Crippen LogP) is 2.66. The number of carbonyl (C=O) groups excluding carboxylic acids is 1. The summed E-state index contributed by atoms with van der Waals surface area (Å²) < 4.78 is 1.87. The Balaban J connectivity index is 2.15. The second-order valence-electron chi connectivity index (χ2n) is 6.11. The van der Waals surface area contributed by atoms with Crippen molar-refractivity contribution >= 4 is 11.9 Å². The van der Waals surface area contributed by atoms with Crippen LogP contribution in [0.1, 0.15) is 56.4 Å². The summed E-state index contributed by atoms with van der Waals surface area (Å²) >= 11 is 0. The molecule has 5 nitrogen and oxygen atoms in total. The van der Waals surface area contributed by atoms with Crippen molar-refractivity contribution in [3.8, 4) is 0 Å². The topological polar surface area (TPSA) is 71.3 Å². The van der Waals surface area contributed by atoms with Gasteiger partial charge in [0.25, 0.3) is 5.91 Å². The maximum absolute atomic E-state index is 12.5. The summed E-state index contributed by atoms with van der Waals surface area (Å²) in [5.41, 5.74) is -0.568. The highest BCUT2D eigenvalue weighted by Crippen LogP contribution is 2.32. The highest BCUT2D eigenvalue weighted by atomic mass is 16.4. The van der Waals surface area contributed by atoms with E-state index in [1.165, 1.54) is 0 Å². The van der Waals surface area contributed by atoms with Crippen LogP contribution in [0.3, 0.4) is 0 Å². The summed E-state index contributed by atoms with van der Waals surface area (Å²) in [7, 11) is 0. The lowest BCUT2D eigenvalue weighted by Gasteiger charge is -2.36. The van der Waals surface area contributed by atoms with Crippen LogP contribution in [0, 0.1) is 5.92 Å². The molecule has 0 unspecified atom stereocenters. The normalized spacial score (nSPS) is 25.5. The van der Waals surface area contributed by atoms with Gasteiger partial charge in [0.2, 0.25) is 0 Å². The van der Waals surface area contributed by atoms with E-state index in [9.17, 15) is 14.7 Å². The first kappa shape index (κ1) is 15.6. The van der Waals surface area contributed by atoms with Gasteiger partial charge >= 0.3 is 5.97 Å². The van der Waals surface area contributed by atoms with E-state index >= 15 is 0 Å². The highest BCUT2D eigenvalue weighted by Gasteiger charge is 2.42. The van der Waals surface area contributed by atoms with Crippen LogP contribution in [0.4, 0.5) is 0 Å². The Morgan fingerprint density at radius 1 is 1.43 bits per heavy atom. The maximum atomic E-state index is 12.5. The van der Waals surface area contributed by atoms with Gasteiger partial charge in [-0.05, 0) is 50.2 Å². The molecular weight excluding hydrogens is 268 g/mol. The number of aryl methyl sites for hydroxylation is 1.